The van der Waals surface area contributed by atoms with Crippen LogP contribution in [0.1, 0.15) is 10.4 Å². The van der Waals surface area contributed by atoms with Gasteiger partial charge in [0.1, 0.15) is 17.2 Å². The van der Waals surface area contributed by atoms with Crippen molar-refractivity contribution in [1.82, 2.24) is 19.7 Å². The molecule has 12 heteroatoms. The van der Waals surface area contributed by atoms with Gasteiger partial charge in [-0.15, -0.1) is 21.5 Å². The molecule has 4 aromatic rings. The second-order valence-corrected chi connectivity index (χ2v) is 10.8. The Morgan fingerprint density at radius 1 is 1.06 bits per heavy atom. The smallest absolute Gasteiger partial charge is 0.243 e. The number of thiazole rings is 1. The fraction of sp³-hybridized carbons (Fsp3) is 0.227. The predicted octanol–water partition coefficient (Wildman–Crippen LogP) is 4.35. The van der Waals surface area contributed by atoms with E-state index in [1.807, 2.05) is 6.92 Å². The summed E-state index contributed by atoms with van der Waals surface area (Å²) in [5, 5.41) is 9.55. The van der Waals surface area contributed by atoms with E-state index in [9.17, 15) is 8.42 Å². The summed E-state index contributed by atoms with van der Waals surface area (Å²) in [7, 11) is -0.742. The average Bonchev–Trinajstić information content (AvgIpc) is 3.43. The molecule has 4 rings (SSSR count). The van der Waals surface area contributed by atoms with E-state index in [-0.39, 0.29) is 11.7 Å². The number of para-hydroxylation sites is 1. The van der Waals surface area contributed by atoms with Crippen molar-refractivity contribution in [3.8, 4) is 28.0 Å². The van der Waals surface area contributed by atoms with Crippen molar-refractivity contribution in [2.75, 3.05) is 24.7 Å². The SMILES string of the molecule is COc1cccc(OC)c1-n1c(NS(=O)(=O)CCc2ccc(Cl)cc2)nnc1-c1ncc(C)s1. The number of aromatic nitrogens is 4. The van der Waals surface area contributed by atoms with Crippen LogP contribution in [0.15, 0.2) is 48.7 Å². The molecule has 0 spiro atoms. The van der Waals surface area contributed by atoms with Crippen molar-refractivity contribution >= 4 is 38.9 Å². The van der Waals surface area contributed by atoms with Crippen LogP contribution in [0.4, 0.5) is 5.95 Å². The van der Waals surface area contributed by atoms with Crippen molar-refractivity contribution in [3.05, 3.63) is 64.1 Å². The number of benzene rings is 2. The predicted molar refractivity (Wildman–Crippen MR) is 133 cm³/mol. The lowest BCUT2D eigenvalue weighted by molar-refractivity contribution is 0.391. The fourth-order valence-electron chi connectivity index (χ4n) is 3.30. The number of anilines is 1. The zero-order valence-electron chi connectivity index (χ0n) is 18.6. The highest BCUT2D eigenvalue weighted by Gasteiger charge is 2.26. The van der Waals surface area contributed by atoms with Crippen molar-refractivity contribution < 1.29 is 17.9 Å². The Morgan fingerprint density at radius 3 is 2.32 bits per heavy atom. The highest BCUT2D eigenvalue weighted by molar-refractivity contribution is 7.92. The molecule has 0 radical (unpaired) electrons. The number of sulfonamides is 1. The number of halogens is 1. The normalized spacial score (nSPS) is 11.4. The molecule has 34 heavy (non-hydrogen) atoms. The number of aryl methyl sites for hydroxylation is 2. The average molecular weight is 520 g/mol. The summed E-state index contributed by atoms with van der Waals surface area (Å²) < 4.78 is 41.2. The standard InChI is InChI=1S/C22H22ClN5O4S2/c1-14-13-24-21(33-14)20-25-26-22(28(20)19-17(31-2)5-4-6-18(19)32-3)27-34(29,30)12-11-15-7-9-16(23)10-8-15/h4-10,13H,11-12H2,1-3H3,(H,26,27). The first-order valence-electron chi connectivity index (χ1n) is 10.2. The number of hydrogen-bond acceptors (Lipinski definition) is 8. The lowest BCUT2D eigenvalue weighted by atomic mass is 10.2. The summed E-state index contributed by atoms with van der Waals surface area (Å²) >= 11 is 7.33. The van der Waals surface area contributed by atoms with Crippen LogP contribution < -0.4 is 14.2 Å². The highest BCUT2D eigenvalue weighted by atomic mass is 35.5. The Bertz CT molecular complexity index is 1380. The second-order valence-electron chi connectivity index (χ2n) is 7.27. The molecule has 1 N–H and O–H groups in total. The molecular formula is C22H22ClN5O4S2. The molecule has 178 valence electrons. The molecular weight excluding hydrogens is 498 g/mol. The van der Waals surface area contributed by atoms with E-state index in [2.05, 4.69) is 19.9 Å². The summed E-state index contributed by atoms with van der Waals surface area (Å²) in [6.07, 6.45) is 2.02. The number of nitrogens with zero attached hydrogens (tertiary/aromatic N) is 4. The van der Waals surface area contributed by atoms with E-state index in [0.717, 1.165) is 10.4 Å². The van der Waals surface area contributed by atoms with Gasteiger partial charge < -0.3 is 9.47 Å². The largest absolute Gasteiger partial charge is 0.494 e. The molecule has 0 atom stereocenters. The van der Waals surface area contributed by atoms with Crippen LogP contribution in [-0.4, -0.2) is 48.1 Å². The number of nitrogens with one attached hydrogen (secondary N) is 1. The molecule has 0 aliphatic rings. The van der Waals surface area contributed by atoms with Crippen molar-refractivity contribution in [3.63, 3.8) is 0 Å². The van der Waals surface area contributed by atoms with Gasteiger partial charge in [0.05, 0.1) is 20.0 Å². The minimum absolute atomic E-state index is 0.00163. The van der Waals surface area contributed by atoms with Crippen LogP contribution >= 0.6 is 22.9 Å². The van der Waals surface area contributed by atoms with E-state index in [1.54, 1.807) is 53.2 Å². The summed E-state index contributed by atoms with van der Waals surface area (Å²) in [4.78, 5) is 5.38. The van der Waals surface area contributed by atoms with Crippen LogP contribution in [0.3, 0.4) is 0 Å². The fourth-order valence-corrected chi connectivity index (χ4v) is 5.19. The van der Waals surface area contributed by atoms with Gasteiger partial charge in [0.2, 0.25) is 16.0 Å². The van der Waals surface area contributed by atoms with E-state index in [1.165, 1.54) is 25.6 Å². The molecule has 0 saturated heterocycles. The van der Waals surface area contributed by atoms with Crippen LogP contribution in [0.5, 0.6) is 11.5 Å². The third kappa shape index (κ3) is 5.16. The maximum Gasteiger partial charge on any atom is 0.243 e. The first kappa shape index (κ1) is 24.0. The Morgan fingerprint density at radius 2 is 1.74 bits per heavy atom. The number of ether oxygens (including phenoxy) is 2. The third-order valence-corrected chi connectivity index (χ3v) is 7.32. The van der Waals surface area contributed by atoms with Gasteiger partial charge in [-0.1, -0.05) is 29.8 Å². The van der Waals surface area contributed by atoms with Gasteiger partial charge in [-0.2, -0.15) is 0 Å². The second kappa shape index (κ2) is 10.00. The Balaban J connectivity index is 1.75. The van der Waals surface area contributed by atoms with Gasteiger partial charge in [0, 0.05) is 16.1 Å². The van der Waals surface area contributed by atoms with Gasteiger partial charge in [0.25, 0.3) is 0 Å². The summed E-state index contributed by atoms with van der Waals surface area (Å²) in [5.74, 6) is 1.11. The molecule has 0 unspecified atom stereocenters. The number of methoxy groups -OCH3 is 2. The first-order valence-corrected chi connectivity index (χ1v) is 13.0. The molecule has 0 amide bonds. The zero-order valence-corrected chi connectivity index (χ0v) is 21.0. The monoisotopic (exact) mass is 519 g/mol. The molecule has 0 fully saturated rings. The minimum Gasteiger partial charge on any atom is -0.494 e. The van der Waals surface area contributed by atoms with Gasteiger partial charge in [-0.25, -0.2) is 13.4 Å². The van der Waals surface area contributed by atoms with E-state index in [4.69, 9.17) is 21.1 Å². The van der Waals surface area contributed by atoms with Gasteiger partial charge >= 0.3 is 0 Å². The zero-order chi connectivity index (χ0) is 24.3. The number of hydrogen-bond donors (Lipinski definition) is 1. The van der Waals surface area contributed by atoms with Crippen molar-refractivity contribution in [2.24, 2.45) is 0 Å². The van der Waals surface area contributed by atoms with E-state index in [0.29, 0.717) is 39.5 Å². The maximum absolute atomic E-state index is 13.0. The Kier molecular flexibility index (Phi) is 7.05. The minimum atomic E-state index is -3.78. The summed E-state index contributed by atoms with van der Waals surface area (Å²) in [5.41, 5.74) is 1.30. The quantitative estimate of drug-likeness (QED) is 0.350. The Hall–Kier alpha value is -3.15. The van der Waals surface area contributed by atoms with E-state index < -0.39 is 10.0 Å². The van der Waals surface area contributed by atoms with Crippen LogP contribution in [0.2, 0.25) is 5.02 Å². The Labute approximate surface area is 206 Å². The summed E-state index contributed by atoms with van der Waals surface area (Å²) in [6.45, 7) is 1.92. The van der Waals surface area contributed by atoms with Crippen LogP contribution in [0, 0.1) is 6.92 Å². The lowest BCUT2D eigenvalue weighted by Gasteiger charge is -2.17. The molecule has 2 heterocycles. The molecule has 0 aliphatic heterocycles. The van der Waals surface area contributed by atoms with E-state index >= 15 is 0 Å². The maximum atomic E-state index is 13.0. The lowest BCUT2D eigenvalue weighted by Crippen LogP contribution is -2.21. The molecule has 2 aromatic heterocycles. The molecule has 9 nitrogen and oxygen atoms in total. The first-order chi connectivity index (χ1) is 16.3. The van der Waals surface area contributed by atoms with Crippen LogP contribution in [0.25, 0.3) is 16.5 Å². The topological polar surface area (TPSA) is 108 Å². The van der Waals surface area contributed by atoms with Crippen molar-refractivity contribution in [2.45, 2.75) is 13.3 Å². The van der Waals surface area contributed by atoms with Crippen molar-refractivity contribution in [1.29, 1.82) is 0 Å². The summed E-state index contributed by atoms with van der Waals surface area (Å²) in [6, 6.07) is 12.3. The molecule has 2 aromatic carbocycles. The van der Waals surface area contributed by atoms with Gasteiger partial charge in [-0.05, 0) is 43.2 Å². The number of rotatable bonds is 9. The van der Waals surface area contributed by atoms with Gasteiger partial charge in [-0.3, -0.25) is 9.29 Å². The molecule has 0 aliphatic carbocycles. The van der Waals surface area contributed by atoms with Gasteiger partial charge in [0.15, 0.2) is 10.8 Å². The third-order valence-electron chi connectivity index (χ3n) is 4.92. The highest BCUT2D eigenvalue weighted by Crippen LogP contribution is 2.38. The molecule has 0 bridgehead atoms. The van der Waals surface area contributed by atoms with Crippen LogP contribution in [-0.2, 0) is 16.4 Å². The molecule has 0 saturated carbocycles.